The molecule has 6 heteroatoms. The molecule has 2 aromatic carbocycles. The fraction of sp³-hybridized carbons (Fsp3) is 0.222. The molecule has 0 fully saturated rings. The van der Waals surface area contributed by atoms with E-state index in [0.29, 0.717) is 6.54 Å². The Balaban J connectivity index is 2.21. The van der Waals surface area contributed by atoms with Crippen molar-refractivity contribution in [1.29, 1.82) is 0 Å². The lowest BCUT2D eigenvalue weighted by Gasteiger charge is -2.24. The van der Waals surface area contributed by atoms with Gasteiger partial charge in [0.15, 0.2) is 6.04 Å². The molecule has 1 unspecified atom stereocenters. The lowest BCUT2D eigenvalue weighted by molar-refractivity contribution is -0.916. The average molecular weight is 344 g/mol. The number of hydrogen-bond donors (Lipinski definition) is 3. The number of quaternary nitrogens is 1. The summed E-state index contributed by atoms with van der Waals surface area (Å²) in [5.41, 5.74) is 7.08. The zero-order chi connectivity index (χ0) is 17.5. The molecule has 24 heavy (non-hydrogen) atoms. The van der Waals surface area contributed by atoms with Crippen molar-refractivity contribution in [3.05, 3.63) is 65.7 Å². The number of carbonyl (C=O) groups is 2. The van der Waals surface area contributed by atoms with Crippen LogP contribution in [-0.4, -0.2) is 25.2 Å². The van der Waals surface area contributed by atoms with E-state index in [1.54, 1.807) is 11.8 Å². The number of benzene rings is 2. The van der Waals surface area contributed by atoms with Gasteiger partial charge in [0, 0.05) is 16.0 Å². The van der Waals surface area contributed by atoms with Crippen LogP contribution in [0.15, 0.2) is 59.5 Å². The summed E-state index contributed by atoms with van der Waals surface area (Å²) in [6, 6.07) is 16.3. The van der Waals surface area contributed by atoms with Gasteiger partial charge < -0.3 is 10.6 Å². The number of likely N-dealkylation sites (N-methyl/N-ethyl adjacent to an activating group) is 1. The third-order valence-electron chi connectivity index (χ3n) is 3.78. The third-order valence-corrected chi connectivity index (χ3v) is 4.52. The van der Waals surface area contributed by atoms with E-state index >= 15 is 0 Å². The number of primary amides is 1. The van der Waals surface area contributed by atoms with Gasteiger partial charge in [0.1, 0.15) is 6.54 Å². The molecule has 0 bridgehead atoms. The van der Waals surface area contributed by atoms with Crippen LogP contribution in [-0.2, 0) is 11.3 Å². The summed E-state index contributed by atoms with van der Waals surface area (Å²) in [4.78, 5) is 25.7. The van der Waals surface area contributed by atoms with Crippen LogP contribution >= 0.6 is 11.8 Å². The van der Waals surface area contributed by atoms with Crippen molar-refractivity contribution in [2.45, 2.75) is 17.5 Å². The van der Waals surface area contributed by atoms with Gasteiger partial charge in [0.05, 0.1) is 7.05 Å². The van der Waals surface area contributed by atoms with E-state index in [0.717, 1.165) is 16.0 Å². The van der Waals surface area contributed by atoms with Crippen molar-refractivity contribution in [3.63, 3.8) is 0 Å². The quantitative estimate of drug-likeness (QED) is 0.693. The third kappa shape index (κ3) is 4.84. The van der Waals surface area contributed by atoms with Gasteiger partial charge in [-0.15, -0.1) is 11.8 Å². The number of nitrogens with two attached hydrogens (primary N) is 1. The van der Waals surface area contributed by atoms with Crippen molar-refractivity contribution >= 4 is 23.7 Å². The topological polar surface area (TPSA) is 76.6 Å². The molecule has 3 amide bonds. The maximum Gasteiger partial charge on any atom is 0.319 e. The second kappa shape index (κ2) is 8.52. The molecule has 2 rings (SSSR count). The van der Waals surface area contributed by atoms with E-state index in [-0.39, 0.29) is 0 Å². The molecule has 0 radical (unpaired) electrons. The van der Waals surface area contributed by atoms with Crippen molar-refractivity contribution in [2.24, 2.45) is 5.73 Å². The summed E-state index contributed by atoms with van der Waals surface area (Å²) in [5, 5.41) is 2.20. The van der Waals surface area contributed by atoms with Crippen LogP contribution in [0.25, 0.3) is 0 Å². The van der Waals surface area contributed by atoms with Crippen molar-refractivity contribution < 1.29 is 14.5 Å². The van der Waals surface area contributed by atoms with E-state index in [4.69, 9.17) is 5.73 Å². The molecule has 0 aromatic heterocycles. The molecular weight excluding hydrogens is 322 g/mol. The van der Waals surface area contributed by atoms with Crippen LogP contribution in [0.3, 0.4) is 0 Å². The lowest BCUT2D eigenvalue weighted by Crippen LogP contribution is -3.09. The maximum atomic E-state index is 12.5. The van der Waals surface area contributed by atoms with Crippen LogP contribution < -0.4 is 16.0 Å². The molecule has 0 saturated heterocycles. The molecule has 0 spiro atoms. The SMILES string of the molecule is CSc1ccc(C[NH+](C)[C@H](C(=O)NC(N)=O)c2ccccc2)cc1. The molecular formula is C18H22N3O2S+. The highest BCUT2D eigenvalue weighted by molar-refractivity contribution is 7.98. The van der Waals surface area contributed by atoms with E-state index in [1.165, 1.54) is 4.90 Å². The molecule has 0 saturated carbocycles. The number of rotatable bonds is 6. The highest BCUT2D eigenvalue weighted by atomic mass is 32.2. The zero-order valence-corrected chi connectivity index (χ0v) is 14.6. The van der Waals surface area contributed by atoms with Crippen molar-refractivity contribution in [3.8, 4) is 0 Å². The molecule has 126 valence electrons. The molecule has 4 N–H and O–H groups in total. The monoisotopic (exact) mass is 344 g/mol. The molecule has 0 aliphatic carbocycles. The smallest absolute Gasteiger partial charge is 0.319 e. The minimum absolute atomic E-state index is 0.396. The zero-order valence-electron chi connectivity index (χ0n) is 13.8. The number of nitrogens with one attached hydrogen (secondary N) is 2. The number of amides is 3. The van der Waals surface area contributed by atoms with E-state index in [2.05, 4.69) is 29.6 Å². The molecule has 2 atom stereocenters. The van der Waals surface area contributed by atoms with Crippen LogP contribution in [0.1, 0.15) is 17.2 Å². The fourth-order valence-electron chi connectivity index (χ4n) is 2.67. The second-order valence-corrected chi connectivity index (χ2v) is 6.45. The van der Waals surface area contributed by atoms with Gasteiger partial charge in [-0.25, -0.2) is 4.79 Å². The highest BCUT2D eigenvalue weighted by Gasteiger charge is 2.29. The lowest BCUT2D eigenvalue weighted by atomic mass is 10.0. The van der Waals surface area contributed by atoms with Crippen LogP contribution in [0, 0.1) is 0 Å². The van der Waals surface area contributed by atoms with Crippen molar-refractivity contribution in [2.75, 3.05) is 13.3 Å². The Morgan fingerprint density at radius 3 is 2.29 bits per heavy atom. The average Bonchev–Trinajstić information content (AvgIpc) is 2.56. The second-order valence-electron chi connectivity index (χ2n) is 5.57. The van der Waals surface area contributed by atoms with Gasteiger partial charge in [-0.05, 0) is 18.4 Å². The Morgan fingerprint density at radius 2 is 1.75 bits per heavy atom. The van der Waals surface area contributed by atoms with E-state index in [1.807, 2.05) is 43.6 Å². The normalized spacial score (nSPS) is 13.1. The summed E-state index contributed by atoms with van der Waals surface area (Å²) in [5.74, 6) is -0.396. The number of imide groups is 1. The van der Waals surface area contributed by atoms with Gasteiger partial charge in [0.25, 0.3) is 5.91 Å². The fourth-order valence-corrected chi connectivity index (χ4v) is 3.07. The number of urea groups is 1. The Bertz CT molecular complexity index is 689. The summed E-state index contributed by atoms with van der Waals surface area (Å²) in [6.45, 7) is 0.653. The van der Waals surface area contributed by atoms with Gasteiger partial charge in [-0.2, -0.15) is 0 Å². The first-order chi connectivity index (χ1) is 11.5. The van der Waals surface area contributed by atoms with Crippen LogP contribution in [0.4, 0.5) is 4.79 Å². The summed E-state index contributed by atoms with van der Waals surface area (Å²) < 4.78 is 0. The van der Waals surface area contributed by atoms with Crippen molar-refractivity contribution in [1.82, 2.24) is 5.32 Å². The maximum absolute atomic E-state index is 12.5. The van der Waals surface area contributed by atoms with Gasteiger partial charge in [0.2, 0.25) is 0 Å². The van der Waals surface area contributed by atoms with Gasteiger partial charge in [-0.3, -0.25) is 10.1 Å². The van der Waals surface area contributed by atoms with E-state index in [9.17, 15) is 9.59 Å². The van der Waals surface area contributed by atoms with Gasteiger partial charge >= 0.3 is 6.03 Å². The first-order valence-corrected chi connectivity index (χ1v) is 8.84. The number of thioether (sulfide) groups is 1. The summed E-state index contributed by atoms with van der Waals surface area (Å²) in [6.07, 6.45) is 2.03. The number of hydrogen-bond acceptors (Lipinski definition) is 3. The Labute approximate surface area is 146 Å². The van der Waals surface area contributed by atoms with Gasteiger partial charge in [-0.1, -0.05) is 42.5 Å². The minimum atomic E-state index is -0.835. The Hall–Kier alpha value is -2.31. The standard InChI is InChI=1S/C18H21N3O2S/c1-21(12-13-8-10-15(24-2)11-9-13)16(17(22)20-18(19)23)14-6-4-3-5-7-14/h3-11,16H,12H2,1-2H3,(H3,19,20,22,23)/p+1/t16-/m0/s1. The molecule has 0 aliphatic rings. The minimum Gasteiger partial charge on any atom is -0.351 e. The summed E-state index contributed by atoms with van der Waals surface area (Å²) >= 11 is 1.69. The Kier molecular flexibility index (Phi) is 6.40. The molecule has 0 heterocycles. The van der Waals surface area contributed by atoms with Crippen LogP contribution in [0.2, 0.25) is 0 Å². The van der Waals surface area contributed by atoms with E-state index < -0.39 is 18.0 Å². The first kappa shape index (κ1) is 18.0. The number of carbonyl (C=O) groups excluding carboxylic acids is 2. The van der Waals surface area contributed by atoms with Crippen LogP contribution in [0.5, 0.6) is 0 Å². The molecule has 0 aliphatic heterocycles. The Morgan fingerprint density at radius 1 is 1.12 bits per heavy atom. The summed E-state index contributed by atoms with van der Waals surface area (Å²) in [7, 11) is 1.93. The highest BCUT2D eigenvalue weighted by Crippen LogP contribution is 2.15. The first-order valence-electron chi connectivity index (χ1n) is 7.61. The molecule has 5 nitrogen and oxygen atoms in total. The predicted octanol–water partition coefficient (Wildman–Crippen LogP) is 1.36. The predicted molar refractivity (Wildman–Crippen MR) is 95.7 cm³/mol. The largest absolute Gasteiger partial charge is 0.351 e. The molecule has 2 aromatic rings.